The van der Waals surface area contributed by atoms with Gasteiger partial charge in [0, 0.05) is 36.3 Å². The fraction of sp³-hybridized carbons (Fsp3) is 0.280. The van der Waals surface area contributed by atoms with Crippen molar-refractivity contribution in [2.45, 2.75) is 6.42 Å². The molecular formula is C25H26FN5O2. The van der Waals surface area contributed by atoms with Gasteiger partial charge in [-0.05, 0) is 62.5 Å². The number of pyridine rings is 1. The van der Waals surface area contributed by atoms with Crippen LogP contribution in [0.1, 0.15) is 16.8 Å². The predicted octanol–water partition coefficient (Wildman–Crippen LogP) is 3.77. The number of nitrogens with zero attached hydrogens (tertiary/aromatic N) is 3. The molecule has 1 saturated heterocycles. The van der Waals surface area contributed by atoms with Crippen molar-refractivity contribution >= 4 is 33.5 Å². The Bertz CT molecular complexity index is 1370. The third-order valence-electron chi connectivity index (χ3n) is 6.34. The van der Waals surface area contributed by atoms with Gasteiger partial charge in [-0.15, -0.1) is 0 Å². The Balaban J connectivity index is 1.63. The number of fused-ring (bicyclic) bond motifs is 3. The molecule has 1 fully saturated rings. The third kappa shape index (κ3) is 3.87. The molecular weight excluding hydrogens is 421 g/mol. The van der Waals surface area contributed by atoms with Gasteiger partial charge >= 0.3 is 0 Å². The largest absolute Gasteiger partial charge is 0.494 e. The van der Waals surface area contributed by atoms with Crippen molar-refractivity contribution < 1.29 is 13.9 Å². The number of amides is 1. The Labute approximate surface area is 190 Å². The number of hydrogen-bond acceptors (Lipinski definition) is 5. The molecule has 1 aliphatic rings. The predicted molar refractivity (Wildman–Crippen MR) is 128 cm³/mol. The maximum absolute atomic E-state index is 14.3. The van der Waals surface area contributed by atoms with E-state index in [0.717, 1.165) is 49.2 Å². The van der Waals surface area contributed by atoms with E-state index in [2.05, 4.69) is 34.0 Å². The van der Waals surface area contributed by atoms with Crippen molar-refractivity contribution in [3.8, 4) is 17.0 Å². The van der Waals surface area contributed by atoms with Crippen LogP contribution in [0.3, 0.4) is 0 Å². The van der Waals surface area contributed by atoms with Gasteiger partial charge in [-0.1, -0.05) is 0 Å². The number of anilines is 1. The Morgan fingerprint density at radius 1 is 1.12 bits per heavy atom. The summed E-state index contributed by atoms with van der Waals surface area (Å²) in [5, 5.41) is 0.888. The highest BCUT2D eigenvalue weighted by Crippen LogP contribution is 2.33. The number of methoxy groups -OCH3 is 1. The van der Waals surface area contributed by atoms with Crippen molar-refractivity contribution in [3.05, 3.63) is 53.8 Å². The maximum atomic E-state index is 14.3. The Kier molecular flexibility index (Phi) is 5.38. The average molecular weight is 448 g/mol. The summed E-state index contributed by atoms with van der Waals surface area (Å²) >= 11 is 0. The molecule has 3 heterocycles. The van der Waals surface area contributed by atoms with Crippen LogP contribution in [0, 0.1) is 5.82 Å². The lowest BCUT2D eigenvalue weighted by molar-refractivity contribution is 0.100. The molecule has 0 bridgehead atoms. The Morgan fingerprint density at radius 2 is 1.97 bits per heavy atom. The molecule has 1 aliphatic heterocycles. The molecule has 0 atom stereocenters. The summed E-state index contributed by atoms with van der Waals surface area (Å²) in [6.45, 7) is 4.06. The van der Waals surface area contributed by atoms with Crippen molar-refractivity contribution in [3.63, 3.8) is 0 Å². The Morgan fingerprint density at radius 3 is 2.73 bits per heavy atom. The van der Waals surface area contributed by atoms with Crippen LogP contribution in [-0.4, -0.2) is 61.1 Å². The molecule has 0 spiro atoms. The van der Waals surface area contributed by atoms with E-state index >= 15 is 0 Å². The molecule has 3 N–H and O–H groups in total. The molecule has 4 aromatic rings. The summed E-state index contributed by atoms with van der Waals surface area (Å²) in [6, 6.07) is 12.4. The SMILES string of the molecule is COc1ccc(-c2cc(C(N)=O)c3[nH]c4cc(N5CCCN(C)CC5)ccc4c3n2)cc1F. The standard InChI is InChI=1S/C25H26FN5O2/c1-30-8-3-9-31(11-10-30)16-5-6-17-21(13-16)29-24-18(25(27)32)14-20(28-23(17)24)15-4-7-22(33-2)19(26)12-15/h4-7,12-14,29H,3,8-11H2,1-2H3,(H2,27,32). The van der Waals surface area contributed by atoms with Crippen LogP contribution in [0.2, 0.25) is 0 Å². The van der Waals surface area contributed by atoms with Gasteiger partial charge in [0.25, 0.3) is 5.91 Å². The molecule has 0 radical (unpaired) electrons. The normalized spacial score (nSPS) is 15.2. The minimum atomic E-state index is -0.569. The highest BCUT2D eigenvalue weighted by atomic mass is 19.1. The molecule has 0 saturated carbocycles. The van der Waals surface area contributed by atoms with Crippen LogP contribution in [-0.2, 0) is 0 Å². The summed E-state index contributed by atoms with van der Waals surface area (Å²) in [7, 11) is 3.56. The van der Waals surface area contributed by atoms with Crippen LogP contribution in [0.4, 0.5) is 10.1 Å². The van der Waals surface area contributed by atoms with Crippen LogP contribution in [0.15, 0.2) is 42.5 Å². The topological polar surface area (TPSA) is 87.5 Å². The molecule has 7 nitrogen and oxygen atoms in total. The van der Waals surface area contributed by atoms with Gasteiger partial charge in [-0.2, -0.15) is 0 Å². The third-order valence-corrected chi connectivity index (χ3v) is 6.34. The van der Waals surface area contributed by atoms with Crippen molar-refractivity contribution in [2.75, 3.05) is 45.2 Å². The zero-order valence-corrected chi connectivity index (χ0v) is 18.7. The fourth-order valence-electron chi connectivity index (χ4n) is 4.51. The molecule has 0 aliphatic carbocycles. The number of H-pyrrole nitrogens is 1. The quantitative estimate of drug-likeness (QED) is 0.497. The first-order valence-electron chi connectivity index (χ1n) is 11.0. The van der Waals surface area contributed by atoms with Gasteiger partial charge in [-0.3, -0.25) is 4.79 Å². The van der Waals surface area contributed by atoms with E-state index in [-0.39, 0.29) is 5.75 Å². The molecule has 1 amide bonds. The summed E-state index contributed by atoms with van der Waals surface area (Å²) in [4.78, 5) is 25.1. The number of benzene rings is 2. The number of likely N-dealkylation sites (N-methyl/N-ethyl adjacent to an activating group) is 1. The summed E-state index contributed by atoms with van der Waals surface area (Å²) in [6.07, 6.45) is 1.11. The number of ether oxygens (including phenoxy) is 1. The number of carbonyl (C=O) groups excluding carboxylic acids is 1. The number of aromatic amines is 1. The monoisotopic (exact) mass is 447 g/mol. The van der Waals surface area contributed by atoms with Gasteiger partial charge in [-0.25, -0.2) is 9.37 Å². The van der Waals surface area contributed by atoms with Crippen LogP contribution in [0.25, 0.3) is 33.2 Å². The van der Waals surface area contributed by atoms with Gasteiger partial charge in [0.1, 0.15) is 0 Å². The lowest BCUT2D eigenvalue weighted by Gasteiger charge is -2.22. The number of primary amides is 1. The maximum Gasteiger partial charge on any atom is 0.250 e. The van der Waals surface area contributed by atoms with E-state index in [1.807, 2.05) is 6.07 Å². The van der Waals surface area contributed by atoms with E-state index < -0.39 is 11.7 Å². The molecule has 33 heavy (non-hydrogen) atoms. The molecule has 5 rings (SSSR count). The second-order valence-electron chi connectivity index (χ2n) is 8.49. The zero-order valence-electron chi connectivity index (χ0n) is 18.7. The highest BCUT2D eigenvalue weighted by molar-refractivity contribution is 6.14. The van der Waals surface area contributed by atoms with Crippen molar-refractivity contribution in [2.24, 2.45) is 5.73 Å². The molecule has 0 unspecified atom stereocenters. The lowest BCUT2D eigenvalue weighted by Crippen LogP contribution is -2.28. The van der Waals surface area contributed by atoms with E-state index in [1.165, 1.54) is 13.2 Å². The van der Waals surface area contributed by atoms with Crippen molar-refractivity contribution in [1.29, 1.82) is 0 Å². The smallest absolute Gasteiger partial charge is 0.250 e. The number of nitrogens with two attached hydrogens (primary N) is 1. The number of nitrogens with one attached hydrogen (secondary N) is 1. The van der Waals surface area contributed by atoms with Crippen LogP contribution >= 0.6 is 0 Å². The summed E-state index contributed by atoms with van der Waals surface area (Å²) < 4.78 is 19.3. The van der Waals surface area contributed by atoms with Gasteiger partial charge in [0.2, 0.25) is 0 Å². The number of hydrogen-bond donors (Lipinski definition) is 2. The summed E-state index contributed by atoms with van der Waals surface area (Å²) in [5.74, 6) is -0.918. The number of rotatable bonds is 4. The van der Waals surface area contributed by atoms with Crippen molar-refractivity contribution in [1.82, 2.24) is 14.9 Å². The van der Waals surface area contributed by atoms with Gasteiger partial charge < -0.3 is 25.3 Å². The van der Waals surface area contributed by atoms with Gasteiger partial charge in [0.15, 0.2) is 11.6 Å². The molecule has 8 heteroatoms. The van der Waals surface area contributed by atoms with E-state index in [0.29, 0.717) is 27.9 Å². The zero-order chi connectivity index (χ0) is 23.1. The van der Waals surface area contributed by atoms with E-state index in [9.17, 15) is 9.18 Å². The highest BCUT2D eigenvalue weighted by Gasteiger charge is 2.19. The van der Waals surface area contributed by atoms with Crippen LogP contribution < -0.4 is 15.4 Å². The number of aromatic nitrogens is 2. The summed E-state index contributed by atoms with van der Waals surface area (Å²) in [5.41, 5.74) is 10.3. The first kappa shape index (κ1) is 21.2. The first-order chi connectivity index (χ1) is 15.9. The van der Waals surface area contributed by atoms with Crippen LogP contribution in [0.5, 0.6) is 5.75 Å². The minimum absolute atomic E-state index is 0.147. The lowest BCUT2D eigenvalue weighted by atomic mass is 10.1. The van der Waals surface area contributed by atoms with E-state index in [1.54, 1.807) is 18.2 Å². The minimum Gasteiger partial charge on any atom is -0.494 e. The molecule has 2 aromatic heterocycles. The first-order valence-corrected chi connectivity index (χ1v) is 11.0. The van der Waals surface area contributed by atoms with Gasteiger partial charge in [0.05, 0.1) is 34.9 Å². The number of carbonyl (C=O) groups is 1. The average Bonchev–Trinajstić information content (AvgIpc) is 3.03. The molecule has 2 aromatic carbocycles. The Hall–Kier alpha value is -3.65. The fourth-order valence-corrected chi connectivity index (χ4v) is 4.51. The second-order valence-corrected chi connectivity index (χ2v) is 8.49. The second kappa shape index (κ2) is 8.37. The molecule has 170 valence electrons. The number of halogens is 1. The van der Waals surface area contributed by atoms with E-state index in [4.69, 9.17) is 15.5 Å².